The summed E-state index contributed by atoms with van der Waals surface area (Å²) >= 11 is 0. The second-order valence-corrected chi connectivity index (χ2v) is 4.84. The molecule has 19 heavy (non-hydrogen) atoms. The van der Waals surface area contributed by atoms with E-state index in [0.717, 1.165) is 17.0 Å². The first-order valence-corrected chi connectivity index (χ1v) is 6.28. The van der Waals surface area contributed by atoms with Crippen molar-refractivity contribution < 1.29 is 14.3 Å². The van der Waals surface area contributed by atoms with Crippen molar-refractivity contribution in [3.8, 4) is 5.75 Å². The van der Waals surface area contributed by atoms with Crippen molar-refractivity contribution in [2.45, 2.75) is 26.1 Å². The Morgan fingerprint density at radius 1 is 1.42 bits per heavy atom. The van der Waals surface area contributed by atoms with Crippen LogP contribution in [-0.2, 0) is 9.53 Å². The molecule has 102 valence electrons. The number of hydrogen-bond donors (Lipinski definition) is 0. The second kappa shape index (κ2) is 5.45. The number of anilines is 1. The van der Waals surface area contributed by atoms with Crippen LogP contribution in [0.3, 0.4) is 0 Å². The van der Waals surface area contributed by atoms with Crippen molar-refractivity contribution in [2.75, 3.05) is 18.6 Å². The molecule has 0 radical (unpaired) electrons. The molecule has 1 aliphatic heterocycles. The van der Waals surface area contributed by atoms with Crippen LogP contribution in [0, 0.1) is 0 Å². The zero-order chi connectivity index (χ0) is 14.0. The Morgan fingerprint density at radius 3 is 2.42 bits per heavy atom. The van der Waals surface area contributed by atoms with Gasteiger partial charge in [0.1, 0.15) is 5.75 Å². The van der Waals surface area contributed by atoms with Crippen LogP contribution in [0.1, 0.15) is 13.8 Å². The lowest BCUT2D eigenvalue weighted by atomic mass is 10.2. The first-order valence-electron chi connectivity index (χ1n) is 6.28. The normalized spacial score (nSPS) is 20.8. The predicted molar refractivity (Wildman–Crippen MR) is 74.5 cm³/mol. The topological polar surface area (TPSA) is 42.1 Å². The fraction of sp³-hybridized carbons (Fsp3) is 0.400. The summed E-state index contributed by atoms with van der Waals surface area (Å²) in [6.07, 6.45) is -0.306. The highest BCUT2D eigenvalue weighted by Gasteiger charge is 2.43. The van der Waals surface area contributed by atoms with Crippen LogP contribution < -0.4 is 9.64 Å². The first kappa shape index (κ1) is 13.6. The Labute approximate surface area is 113 Å². The van der Waals surface area contributed by atoms with Gasteiger partial charge < -0.3 is 14.4 Å². The third-order valence-corrected chi connectivity index (χ3v) is 3.03. The van der Waals surface area contributed by atoms with Crippen LogP contribution in [-0.4, -0.2) is 31.8 Å². The molecule has 0 spiro atoms. The highest BCUT2D eigenvalue weighted by molar-refractivity contribution is 5.98. The Kier molecular flexibility index (Phi) is 3.90. The smallest absolute Gasteiger partial charge is 0.259 e. The molecule has 0 aromatic heterocycles. The minimum Gasteiger partial charge on any atom is -0.497 e. The second-order valence-electron chi connectivity index (χ2n) is 4.84. The van der Waals surface area contributed by atoms with E-state index in [2.05, 4.69) is 6.58 Å². The van der Waals surface area contributed by atoms with Gasteiger partial charge >= 0.3 is 0 Å². The SMILES string of the molecule is C=C(C)CN(C(=O)[C@@H]1O[C@@H]1C)c1ccc(OC)cc1. The number of hydrogen-bond acceptors (Lipinski definition) is 3. The van der Waals surface area contributed by atoms with E-state index >= 15 is 0 Å². The van der Waals surface area contributed by atoms with Crippen LogP contribution in [0.25, 0.3) is 0 Å². The minimum atomic E-state index is -0.318. The van der Waals surface area contributed by atoms with Crippen LogP contribution in [0.2, 0.25) is 0 Å². The number of carbonyl (C=O) groups excluding carboxylic acids is 1. The summed E-state index contributed by atoms with van der Waals surface area (Å²) in [4.78, 5) is 14.0. The van der Waals surface area contributed by atoms with E-state index in [-0.39, 0.29) is 18.1 Å². The number of methoxy groups -OCH3 is 1. The molecule has 1 heterocycles. The highest BCUT2D eigenvalue weighted by atomic mass is 16.6. The molecular formula is C15H19NO3. The molecule has 0 N–H and O–H groups in total. The lowest BCUT2D eigenvalue weighted by molar-refractivity contribution is -0.119. The van der Waals surface area contributed by atoms with Gasteiger partial charge in [-0.3, -0.25) is 4.79 Å². The minimum absolute atomic E-state index is 0.0124. The van der Waals surface area contributed by atoms with Crippen molar-refractivity contribution in [1.29, 1.82) is 0 Å². The Bertz CT molecular complexity index is 481. The van der Waals surface area contributed by atoms with Crippen molar-refractivity contribution >= 4 is 11.6 Å². The van der Waals surface area contributed by atoms with Crippen molar-refractivity contribution in [3.63, 3.8) is 0 Å². The molecular weight excluding hydrogens is 242 g/mol. The fourth-order valence-corrected chi connectivity index (χ4v) is 1.93. The number of ether oxygens (including phenoxy) is 2. The average Bonchev–Trinajstić information content (AvgIpc) is 3.12. The van der Waals surface area contributed by atoms with E-state index in [1.807, 2.05) is 38.1 Å². The van der Waals surface area contributed by atoms with Gasteiger partial charge in [-0.2, -0.15) is 0 Å². The fourth-order valence-electron chi connectivity index (χ4n) is 1.93. The molecule has 1 aromatic carbocycles. The molecule has 1 saturated heterocycles. The number of benzene rings is 1. The number of epoxide rings is 1. The first-order chi connectivity index (χ1) is 9.02. The van der Waals surface area contributed by atoms with E-state index in [9.17, 15) is 4.79 Å². The van der Waals surface area contributed by atoms with Gasteiger partial charge in [-0.15, -0.1) is 0 Å². The number of nitrogens with zero attached hydrogens (tertiary/aromatic N) is 1. The number of carbonyl (C=O) groups is 1. The van der Waals surface area contributed by atoms with Crippen molar-refractivity contribution in [2.24, 2.45) is 0 Å². The molecule has 1 aromatic rings. The molecule has 4 nitrogen and oxygen atoms in total. The molecule has 1 amide bonds. The standard InChI is InChI=1S/C15H19NO3/c1-10(2)9-16(15(17)14-11(3)19-14)12-5-7-13(18-4)8-6-12/h5-8,11,14H,1,9H2,2-4H3/t11-,14-/m1/s1. The van der Waals surface area contributed by atoms with Gasteiger partial charge in [0.25, 0.3) is 5.91 Å². The number of amides is 1. The summed E-state index contributed by atoms with van der Waals surface area (Å²) in [5.41, 5.74) is 1.76. The van der Waals surface area contributed by atoms with Gasteiger partial charge in [-0.25, -0.2) is 0 Å². The van der Waals surface area contributed by atoms with Crippen molar-refractivity contribution in [1.82, 2.24) is 0 Å². The van der Waals surface area contributed by atoms with Crippen LogP contribution in [0.15, 0.2) is 36.4 Å². The van der Waals surface area contributed by atoms with Crippen LogP contribution in [0.5, 0.6) is 5.75 Å². The average molecular weight is 261 g/mol. The largest absolute Gasteiger partial charge is 0.497 e. The summed E-state index contributed by atoms with van der Waals surface area (Å²) in [5, 5.41) is 0. The maximum atomic E-state index is 12.3. The Morgan fingerprint density at radius 2 is 2.00 bits per heavy atom. The lowest BCUT2D eigenvalue weighted by Crippen LogP contribution is -2.36. The van der Waals surface area contributed by atoms with E-state index in [1.54, 1.807) is 12.0 Å². The van der Waals surface area contributed by atoms with Gasteiger partial charge in [0.05, 0.1) is 13.2 Å². The third kappa shape index (κ3) is 3.15. The highest BCUT2D eigenvalue weighted by Crippen LogP contribution is 2.27. The van der Waals surface area contributed by atoms with Crippen molar-refractivity contribution in [3.05, 3.63) is 36.4 Å². The summed E-state index contributed by atoms with van der Waals surface area (Å²) in [7, 11) is 1.62. The zero-order valence-corrected chi connectivity index (χ0v) is 11.6. The maximum absolute atomic E-state index is 12.3. The van der Waals surface area contributed by atoms with E-state index < -0.39 is 0 Å². The van der Waals surface area contributed by atoms with E-state index in [1.165, 1.54) is 0 Å². The molecule has 4 heteroatoms. The molecule has 0 unspecified atom stereocenters. The van der Waals surface area contributed by atoms with E-state index in [4.69, 9.17) is 9.47 Å². The quantitative estimate of drug-likeness (QED) is 0.603. The summed E-state index contributed by atoms with van der Waals surface area (Å²) in [5.74, 6) is 0.753. The Hall–Kier alpha value is -1.81. The van der Waals surface area contributed by atoms with Gasteiger partial charge in [0, 0.05) is 12.2 Å². The maximum Gasteiger partial charge on any atom is 0.259 e. The number of rotatable bonds is 5. The Balaban J connectivity index is 2.20. The molecule has 0 aliphatic carbocycles. The lowest BCUT2D eigenvalue weighted by Gasteiger charge is -2.22. The molecule has 1 aliphatic rings. The van der Waals surface area contributed by atoms with Crippen LogP contribution >= 0.6 is 0 Å². The van der Waals surface area contributed by atoms with Gasteiger partial charge in [-0.1, -0.05) is 12.2 Å². The molecule has 0 bridgehead atoms. The summed E-state index contributed by atoms with van der Waals surface area (Å²) in [6.45, 7) is 8.18. The van der Waals surface area contributed by atoms with Gasteiger partial charge in [0.15, 0.2) is 6.10 Å². The summed E-state index contributed by atoms with van der Waals surface area (Å²) in [6, 6.07) is 7.41. The zero-order valence-electron chi connectivity index (χ0n) is 11.6. The molecule has 0 saturated carbocycles. The van der Waals surface area contributed by atoms with Gasteiger partial charge in [0.2, 0.25) is 0 Å². The third-order valence-electron chi connectivity index (χ3n) is 3.03. The monoisotopic (exact) mass is 261 g/mol. The molecule has 2 atom stereocenters. The van der Waals surface area contributed by atoms with E-state index in [0.29, 0.717) is 6.54 Å². The van der Waals surface area contributed by atoms with Crippen LogP contribution in [0.4, 0.5) is 5.69 Å². The molecule has 2 rings (SSSR count). The summed E-state index contributed by atoms with van der Waals surface area (Å²) < 4.78 is 10.4. The predicted octanol–water partition coefficient (Wildman–Crippen LogP) is 2.39. The van der Waals surface area contributed by atoms with Gasteiger partial charge in [-0.05, 0) is 38.1 Å². The molecule has 1 fully saturated rings.